The Morgan fingerprint density at radius 3 is 2.71 bits per heavy atom. The molecule has 0 unspecified atom stereocenters. The van der Waals surface area contributed by atoms with E-state index in [0.717, 1.165) is 5.39 Å². The van der Waals surface area contributed by atoms with Gasteiger partial charge in [0.2, 0.25) is 0 Å². The van der Waals surface area contributed by atoms with Crippen molar-refractivity contribution < 1.29 is 8.42 Å². The van der Waals surface area contributed by atoms with Gasteiger partial charge in [-0.15, -0.1) is 0 Å². The minimum atomic E-state index is -2.85. The molecule has 2 aromatic rings. The maximum atomic E-state index is 11.4. The van der Waals surface area contributed by atoms with Crippen LogP contribution in [-0.2, 0) is 9.84 Å². The molecule has 0 saturated carbocycles. The highest BCUT2D eigenvalue weighted by Crippen LogP contribution is 2.30. The molecule has 0 amide bonds. The van der Waals surface area contributed by atoms with E-state index in [-0.39, 0.29) is 17.4 Å². The smallest absolute Gasteiger partial charge is 0.150 e. The van der Waals surface area contributed by atoms with Crippen molar-refractivity contribution in [3.05, 3.63) is 34.3 Å². The van der Waals surface area contributed by atoms with Gasteiger partial charge in [-0.1, -0.05) is 29.3 Å². The lowest BCUT2D eigenvalue weighted by Crippen LogP contribution is -2.16. The topological polar surface area (TPSA) is 59.1 Å². The standard InChI is InChI=1S/C14H14Cl2N2O2S/c15-11-3-1-10-2-4-12(18-14(10)13(11)16)17-7-9-5-6-21(19,20)8-9/h1-4,9H,5-8H2,(H,17,18)/t9-/m0/s1. The Bertz CT molecular complexity index is 793. The molecule has 1 N–H and O–H groups in total. The molecule has 1 saturated heterocycles. The van der Waals surface area contributed by atoms with Gasteiger partial charge in [0.1, 0.15) is 5.82 Å². The molecule has 0 radical (unpaired) electrons. The van der Waals surface area contributed by atoms with E-state index >= 15 is 0 Å². The molecule has 112 valence electrons. The summed E-state index contributed by atoms with van der Waals surface area (Å²) in [4.78, 5) is 4.46. The molecule has 1 atom stereocenters. The molecular weight excluding hydrogens is 331 g/mol. The fraction of sp³-hybridized carbons (Fsp3) is 0.357. The molecule has 0 bridgehead atoms. The van der Waals surface area contributed by atoms with Crippen molar-refractivity contribution in [1.29, 1.82) is 0 Å². The van der Waals surface area contributed by atoms with Crippen LogP contribution in [0.1, 0.15) is 6.42 Å². The van der Waals surface area contributed by atoms with Crippen LogP contribution in [0.5, 0.6) is 0 Å². The molecular formula is C14H14Cl2N2O2S. The highest BCUT2D eigenvalue weighted by Gasteiger charge is 2.27. The number of sulfone groups is 1. The van der Waals surface area contributed by atoms with Gasteiger partial charge in [-0.2, -0.15) is 0 Å². The molecule has 2 heterocycles. The van der Waals surface area contributed by atoms with Crippen molar-refractivity contribution >= 4 is 49.8 Å². The summed E-state index contributed by atoms with van der Waals surface area (Å²) in [5, 5.41) is 5.00. The Labute approximate surface area is 133 Å². The highest BCUT2D eigenvalue weighted by molar-refractivity contribution is 7.91. The number of anilines is 1. The maximum absolute atomic E-state index is 11.4. The fourth-order valence-electron chi connectivity index (χ4n) is 2.51. The number of hydrogen-bond acceptors (Lipinski definition) is 4. The van der Waals surface area contributed by atoms with Crippen LogP contribution in [0.3, 0.4) is 0 Å². The van der Waals surface area contributed by atoms with Crippen molar-refractivity contribution in [2.24, 2.45) is 5.92 Å². The molecule has 21 heavy (non-hydrogen) atoms. The molecule has 7 heteroatoms. The number of hydrogen-bond donors (Lipinski definition) is 1. The molecule has 0 spiro atoms. The lowest BCUT2D eigenvalue weighted by Gasteiger charge is -2.11. The minimum Gasteiger partial charge on any atom is -0.370 e. The zero-order valence-electron chi connectivity index (χ0n) is 11.1. The van der Waals surface area contributed by atoms with Gasteiger partial charge in [-0.3, -0.25) is 0 Å². The van der Waals surface area contributed by atoms with E-state index in [9.17, 15) is 8.42 Å². The van der Waals surface area contributed by atoms with Crippen LogP contribution in [0.2, 0.25) is 10.0 Å². The van der Waals surface area contributed by atoms with E-state index in [2.05, 4.69) is 10.3 Å². The monoisotopic (exact) mass is 344 g/mol. The van der Waals surface area contributed by atoms with Gasteiger partial charge in [0.15, 0.2) is 9.84 Å². The summed E-state index contributed by atoms with van der Waals surface area (Å²) < 4.78 is 22.9. The Morgan fingerprint density at radius 1 is 1.24 bits per heavy atom. The van der Waals surface area contributed by atoms with Crippen LogP contribution in [0.15, 0.2) is 24.3 Å². The second-order valence-corrected chi connectivity index (χ2v) is 8.29. The van der Waals surface area contributed by atoms with Crippen molar-refractivity contribution in [3.63, 3.8) is 0 Å². The van der Waals surface area contributed by atoms with Crippen molar-refractivity contribution in [2.45, 2.75) is 6.42 Å². The quantitative estimate of drug-likeness (QED) is 0.926. The van der Waals surface area contributed by atoms with Crippen LogP contribution in [0.25, 0.3) is 10.9 Å². The minimum absolute atomic E-state index is 0.141. The number of nitrogens with one attached hydrogen (secondary N) is 1. The number of pyridine rings is 1. The Hall–Kier alpha value is -1.04. The number of benzene rings is 1. The predicted octanol–water partition coefficient (Wildman–Crippen LogP) is 3.39. The Kier molecular flexibility index (Phi) is 3.99. The van der Waals surface area contributed by atoms with Crippen LogP contribution in [0.4, 0.5) is 5.82 Å². The first-order valence-corrected chi connectivity index (χ1v) is 9.21. The summed E-state index contributed by atoms with van der Waals surface area (Å²) in [6.07, 6.45) is 0.704. The average molecular weight is 345 g/mol. The van der Waals surface area contributed by atoms with Gasteiger partial charge in [-0.25, -0.2) is 13.4 Å². The first kappa shape index (κ1) is 14.9. The average Bonchev–Trinajstić information content (AvgIpc) is 2.80. The lowest BCUT2D eigenvalue weighted by molar-refractivity contribution is 0.595. The van der Waals surface area contributed by atoms with Gasteiger partial charge in [0.05, 0.1) is 27.1 Å². The van der Waals surface area contributed by atoms with Crippen LogP contribution >= 0.6 is 23.2 Å². The van der Waals surface area contributed by atoms with Gasteiger partial charge >= 0.3 is 0 Å². The molecule has 1 aromatic heterocycles. The van der Waals surface area contributed by atoms with Crippen molar-refractivity contribution in [1.82, 2.24) is 4.98 Å². The zero-order chi connectivity index (χ0) is 15.0. The fourth-order valence-corrected chi connectivity index (χ4v) is 4.74. The largest absolute Gasteiger partial charge is 0.370 e. The third-order valence-corrected chi connectivity index (χ3v) is 6.28. The SMILES string of the molecule is O=S1(=O)CC[C@@H](CNc2ccc3ccc(Cl)c(Cl)c3n2)C1. The number of halogens is 2. The van der Waals surface area contributed by atoms with Crippen LogP contribution < -0.4 is 5.32 Å². The second kappa shape index (κ2) is 5.63. The van der Waals surface area contributed by atoms with Crippen molar-refractivity contribution in [3.8, 4) is 0 Å². The third-order valence-electron chi connectivity index (χ3n) is 3.65. The van der Waals surface area contributed by atoms with E-state index in [1.165, 1.54) is 0 Å². The number of fused-ring (bicyclic) bond motifs is 1. The number of nitrogens with zero attached hydrogens (tertiary/aromatic N) is 1. The second-order valence-electron chi connectivity index (χ2n) is 5.28. The number of aromatic nitrogens is 1. The van der Waals surface area contributed by atoms with E-state index in [4.69, 9.17) is 23.2 Å². The first-order valence-electron chi connectivity index (χ1n) is 6.64. The Balaban J connectivity index is 1.77. The van der Waals surface area contributed by atoms with E-state index in [1.807, 2.05) is 18.2 Å². The molecule has 1 aliphatic heterocycles. The van der Waals surface area contributed by atoms with Crippen molar-refractivity contribution in [2.75, 3.05) is 23.4 Å². The van der Waals surface area contributed by atoms with Gasteiger partial charge in [0.25, 0.3) is 0 Å². The van der Waals surface area contributed by atoms with E-state index in [1.54, 1.807) is 6.07 Å². The third kappa shape index (κ3) is 3.25. The van der Waals surface area contributed by atoms with Gasteiger partial charge < -0.3 is 5.32 Å². The normalized spacial score (nSPS) is 20.8. The van der Waals surface area contributed by atoms with E-state index < -0.39 is 9.84 Å². The van der Waals surface area contributed by atoms with E-state index in [0.29, 0.717) is 34.3 Å². The summed E-state index contributed by atoms with van der Waals surface area (Å²) in [5.74, 6) is 1.35. The summed E-state index contributed by atoms with van der Waals surface area (Å²) in [6, 6.07) is 7.38. The van der Waals surface area contributed by atoms with Gasteiger partial charge in [0, 0.05) is 11.9 Å². The summed E-state index contributed by atoms with van der Waals surface area (Å²) in [6.45, 7) is 0.593. The molecule has 1 aliphatic rings. The zero-order valence-corrected chi connectivity index (χ0v) is 13.5. The predicted molar refractivity (Wildman–Crippen MR) is 87.0 cm³/mol. The summed E-state index contributed by atoms with van der Waals surface area (Å²) in [5.41, 5.74) is 0.646. The van der Waals surface area contributed by atoms with Crippen LogP contribution in [0, 0.1) is 5.92 Å². The summed E-state index contributed by atoms with van der Waals surface area (Å²) in [7, 11) is -2.85. The Morgan fingerprint density at radius 2 is 2.00 bits per heavy atom. The summed E-state index contributed by atoms with van der Waals surface area (Å²) >= 11 is 12.2. The molecule has 3 rings (SSSR count). The molecule has 4 nitrogen and oxygen atoms in total. The number of rotatable bonds is 3. The highest BCUT2D eigenvalue weighted by atomic mass is 35.5. The first-order chi connectivity index (χ1) is 9.94. The maximum Gasteiger partial charge on any atom is 0.150 e. The molecule has 1 fully saturated rings. The lowest BCUT2D eigenvalue weighted by atomic mass is 10.1. The molecule has 0 aliphatic carbocycles. The molecule has 1 aromatic carbocycles. The van der Waals surface area contributed by atoms with Crippen LogP contribution in [-0.4, -0.2) is 31.5 Å². The van der Waals surface area contributed by atoms with Gasteiger partial charge in [-0.05, 0) is 30.5 Å².